The highest BCUT2D eigenvalue weighted by molar-refractivity contribution is 5.94. The van der Waals surface area contributed by atoms with Gasteiger partial charge in [-0.3, -0.25) is 29.0 Å². The fraction of sp³-hybridized carbons (Fsp3) is 0.625. The molecule has 0 aromatic heterocycles. The van der Waals surface area contributed by atoms with E-state index in [1.165, 1.54) is 0 Å². The Kier molecular flexibility index (Phi) is 12.9. The van der Waals surface area contributed by atoms with E-state index in [1.807, 2.05) is 5.32 Å². The maximum atomic E-state index is 12.5. The number of nitrogens with one attached hydrogen (secondary N) is 3. The molecule has 0 bridgehead atoms. The van der Waals surface area contributed by atoms with Crippen molar-refractivity contribution in [2.45, 2.75) is 43.8 Å². The van der Waals surface area contributed by atoms with Gasteiger partial charge >= 0.3 is 5.97 Å². The number of carboxylic acids is 1. The van der Waals surface area contributed by atoms with Crippen LogP contribution in [0.25, 0.3) is 0 Å². The number of amides is 4. The van der Waals surface area contributed by atoms with Gasteiger partial charge in [-0.1, -0.05) is 0 Å². The minimum Gasteiger partial charge on any atom is -0.480 e. The standard InChI is InChI=1S/C16H30N8O7/c17-8(2-1-5-21-16(19)20)13(29)23-9(3-4-11(18)26)15(31)24-10(7-25)14(30)22-6-12(27)28/h8-10,25H,1-7,17H2,(H2,18,26)(H,22,30)(H,23,29)(H,24,31)(H,27,28)(H4,19,20,21). The minimum absolute atomic E-state index is 0.105. The van der Waals surface area contributed by atoms with Crippen LogP contribution in [0.2, 0.25) is 0 Å². The zero-order valence-electron chi connectivity index (χ0n) is 16.9. The molecular formula is C16H30N8O7. The Morgan fingerprint density at radius 2 is 1.52 bits per heavy atom. The number of aliphatic hydroxyl groups is 1. The van der Waals surface area contributed by atoms with Crippen LogP contribution in [0.15, 0.2) is 4.99 Å². The Balaban J connectivity index is 5.01. The molecule has 0 radical (unpaired) electrons. The van der Waals surface area contributed by atoms with Gasteiger partial charge in [0.25, 0.3) is 0 Å². The first-order valence-electron chi connectivity index (χ1n) is 9.28. The maximum absolute atomic E-state index is 12.5. The summed E-state index contributed by atoms with van der Waals surface area (Å²) < 4.78 is 0. The summed E-state index contributed by atoms with van der Waals surface area (Å²) in [5.41, 5.74) is 21.2. The fourth-order valence-electron chi connectivity index (χ4n) is 2.24. The van der Waals surface area contributed by atoms with Crippen LogP contribution in [0.4, 0.5) is 0 Å². The van der Waals surface area contributed by atoms with E-state index in [2.05, 4.69) is 15.6 Å². The van der Waals surface area contributed by atoms with Crippen LogP contribution < -0.4 is 38.9 Å². The second-order valence-corrected chi connectivity index (χ2v) is 6.48. The lowest BCUT2D eigenvalue weighted by Gasteiger charge is -2.23. The summed E-state index contributed by atoms with van der Waals surface area (Å²) in [5, 5.41) is 24.4. The number of primary amides is 1. The molecular weight excluding hydrogens is 416 g/mol. The van der Waals surface area contributed by atoms with Crippen LogP contribution >= 0.6 is 0 Å². The molecule has 3 atom stereocenters. The molecule has 3 unspecified atom stereocenters. The maximum Gasteiger partial charge on any atom is 0.322 e. The Morgan fingerprint density at radius 1 is 0.903 bits per heavy atom. The van der Waals surface area contributed by atoms with Crippen LogP contribution in [0, 0.1) is 0 Å². The van der Waals surface area contributed by atoms with Crippen molar-refractivity contribution >= 4 is 35.6 Å². The van der Waals surface area contributed by atoms with Crippen molar-refractivity contribution in [1.82, 2.24) is 16.0 Å². The van der Waals surface area contributed by atoms with E-state index in [0.717, 1.165) is 0 Å². The summed E-state index contributed by atoms with van der Waals surface area (Å²) in [6.07, 6.45) is 0.139. The molecule has 15 nitrogen and oxygen atoms in total. The Labute approximate surface area is 178 Å². The molecule has 0 aliphatic rings. The minimum atomic E-state index is -1.48. The number of guanidine groups is 1. The van der Waals surface area contributed by atoms with Crippen LogP contribution in [-0.4, -0.2) is 83.6 Å². The van der Waals surface area contributed by atoms with Gasteiger partial charge in [-0.05, 0) is 19.3 Å². The number of carboxylic acid groups (broad SMARTS) is 1. The van der Waals surface area contributed by atoms with Crippen molar-refractivity contribution < 1.29 is 34.2 Å². The van der Waals surface area contributed by atoms with E-state index in [-0.39, 0.29) is 31.8 Å². The molecule has 15 heteroatoms. The van der Waals surface area contributed by atoms with Gasteiger partial charge < -0.3 is 49.1 Å². The topological polar surface area (TPSA) is 278 Å². The van der Waals surface area contributed by atoms with Gasteiger partial charge in [0.15, 0.2) is 5.96 Å². The third kappa shape index (κ3) is 12.7. The van der Waals surface area contributed by atoms with Crippen molar-refractivity contribution in [2.24, 2.45) is 27.9 Å². The Hall–Kier alpha value is -3.46. The van der Waals surface area contributed by atoms with Gasteiger partial charge in [0.2, 0.25) is 23.6 Å². The van der Waals surface area contributed by atoms with Gasteiger partial charge in [-0.2, -0.15) is 0 Å². The second-order valence-electron chi connectivity index (χ2n) is 6.48. The first-order valence-corrected chi connectivity index (χ1v) is 9.28. The molecule has 176 valence electrons. The third-order valence-corrected chi connectivity index (χ3v) is 3.85. The zero-order valence-corrected chi connectivity index (χ0v) is 16.9. The molecule has 13 N–H and O–H groups in total. The normalized spacial score (nSPS) is 13.2. The van der Waals surface area contributed by atoms with Gasteiger partial charge in [0.1, 0.15) is 18.6 Å². The van der Waals surface area contributed by atoms with E-state index in [9.17, 15) is 29.1 Å². The molecule has 0 saturated heterocycles. The van der Waals surface area contributed by atoms with Crippen LogP contribution in [0.5, 0.6) is 0 Å². The van der Waals surface area contributed by atoms with Gasteiger partial charge in [-0.25, -0.2) is 0 Å². The number of aliphatic hydroxyl groups excluding tert-OH is 1. The average Bonchev–Trinajstić information content (AvgIpc) is 2.69. The zero-order chi connectivity index (χ0) is 24.0. The first-order chi connectivity index (χ1) is 14.5. The third-order valence-electron chi connectivity index (χ3n) is 3.85. The highest BCUT2D eigenvalue weighted by Gasteiger charge is 2.28. The lowest BCUT2D eigenvalue weighted by molar-refractivity contribution is -0.139. The number of aliphatic carboxylic acids is 1. The summed E-state index contributed by atoms with van der Waals surface area (Å²) in [6.45, 7) is -1.31. The average molecular weight is 446 g/mol. The summed E-state index contributed by atoms with van der Waals surface area (Å²) in [4.78, 5) is 62.0. The molecule has 0 spiro atoms. The van der Waals surface area contributed by atoms with E-state index in [4.69, 9.17) is 28.0 Å². The van der Waals surface area contributed by atoms with Gasteiger partial charge in [0, 0.05) is 13.0 Å². The molecule has 4 amide bonds. The number of hydrogen-bond donors (Lipinski definition) is 9. The molecule has 0 aliphatic carbocycles. The number of hydrogen-bond acceptors (Lipinski definition) is 8. The summed E-state index contributed by atoms with van der Waals surface area (Å²) in [7, 11) is 0. The first kappa shape index (κ1) is 27.5. The predicted octanol–water partition coefficient (Wildman–Crippen LogP) is -5.20. The van der Waals surface area contributed by atoms with Crippen molar-refractivity contribution in [2.75, 3.05) is 19.7 Å². The van der Waals surface area contributed by atoms with Crippen molar-refractivity contribution in [3.63, 3.8) is 0 Å². The molecule has 0 aliphatic heterocycles. The molecule has 0 aromatic carbocycles. The molecule has 0 saturated carbocycles. The summed E-state index contributed by atoms with van der Waals surface area (Å²) >= 11 is 0. The van der Waals surface area contributed by atoms with Crippen LogP contribution in [0.3, 0.4) is 0 Å². The number of rotatable bonds is 15. The van der Waals surface area contributed by atoms with Crippen LogP contribution in [0.1, 0.15) is 25.7 Å². The number of nitrogens with zero attached hydrogens (tertiary/aromatic N) is 1. The molecule has 0 fully saturated rings. The summed E-state index contributed by atoms with van der Waals surface area (Å²) in [6, 6.07) is -3.77. The van der Waals surface area contributed by atoms with Crippen molar-refractivity contribution in [3.8, 4) is 0 Å². The SMILES string of the molecule is NC(=O)CCC(NC(=O)C(N)CCCN=C(N)N)C(=O)NC(CO)C(=O)NCC(=O)O. The van der Waals surface area contributed by atoms with Gasteiger partial charge in [0.05, 0.1) is 12.6 Å². The Morgan fingerprint density at radius 3 is 2.03 bits per heavy atom. The second kappa shape index (κ2) is 14.5. The van der Waals surface area contributed by atoms with E-state index < -0.39 is 60.9 Å². The highest BCUT2D eigenvalue weighted by Crippen LogP contribution is 2.02. The monoisotopic (exact) mass is 446 g/mol. The molecule has 0 aromatic rings. The van der Waals surface area contributed by atoms with E-state index >= 15 is 0 Å². The number of aliphatic imine (C=N–C) groups is 1. The Bertz CT molecular complexity index is 681. The van der Waals surface area contributed by atoms with E-state index in [0.29, 0.717) is 6.42 Å². The molecule has 0 rings (SSSR count). The highest BCUT2D eigenvalue weighted by atomic mass is 16.4. The predicted molar refractivity (Wildman–Crippen MR) is 108 cm³/mol. The summed E-state index contributed by atoms with van der Waals surface area (Å²) in [5.74, 6) is -4.71. The number of nitrogens with two attached hydrogens (primary N) is 4. The molecule has 31 heavy (non-hydrogen) atoms. The van der Waals surface area contributed by atoms with Gasteiger partial charge in [-0.15, -0.1) is 0 Å². The quantitative estimate of drug-likeness (QED) is 0.0654. The van der Waals surface area contributed by atoms with Crippen molar-refractivity contribution in [3.05, 3.63) is 0 Å². The van der Waals surface area contributed by atoms with Crippen molar-refractivity contribution in [1.29, 1.82) is 0 Å². The lowest BCUT2D eigenvalue weighted by Crippen LogP contribution is -2.57. The van der Waals surface area contributed by atoms with Crippen LogP contribution in [-0.2, 0) is 24.0 Å². The smallest absolute Gasteiger partial charge is 0.322 e. The lowest BCUT2D eigenvalue weighted by atomic mass is 10.1. The number of carbonyl (C=O) groups is 5. The largest absolute Gasteiger partial charge is 0.480 e. The number of carbonyl (C=O) groups excluding carboxylic acids is 4. The molecule has 0 heterocycles. The fourth-order valence-corrected chi connectivity index (χ4v) is 2.24. The van der Waals surface area contributed by atoms with E-state index in [1.54, 1.807) is 0 Å².